The molecule has 110 valence electrons. The zero-order chi connectivity index (χ0) is 14.5. The van der Waals surface area contributed by atoms with E-state index in [-0.39, 0.29) is 17.9 Å². The van der Waals surface area contributed by atoms with E-state index in [1.54, 1.807) is 6.07 Å². The molecule has 0 spiro atoms. The predicted molar refractivity (Wildman–Crippen MR) is 74.1 cm³/mol. The number of nitrogens with two attached hydrogens (primary N) is 1. The molecule has 0 aromatic carbocycles. The van der Waals surface area contributed by atoms with Gasteiger partial charge in [-0.2, -0.15) is 5.10 Å². The van der Waals surface area contributed by atoms with Gasteiger partial charge in [0.2, 0.25) is 5.91 Å². The molecule has 7 nitrogen and oxygen atoms in total. The molecule has 0 radical (unpaired) electrons. The van der Waals surface area contributed by atoms with Gasteiger partial charge < -0.3 is 11.1 Å². The Bertz CT molecular complexity index is 477. The molecule has 0 saturated carbocycles. The first-order valence-corrected chi connectivity index (χ1v) is 6.94. The number of hydrogen-bond donors (Lipinski definition) is 3. The molecule has 2 heterocycles. The smallest absolute Gasteiger partial charge is 0.271 e. The van der Waals surface area contributed by atoms with Crippen molar-refractivity contribution < 1.29 is 9.59 Å². The van der Waals surface area contributed by atoms with Crippen molar-refractivity contribution >= 4 is 11.8 Å². The number of hydrogen-bond acceptors (Lipinski definition) is 4. The normalized spacial score (nSPS) is 17.1. The summed E-state index contributed by atoms with van der Waals surface area (Å²) in [6, 6.07) is 1.91. The van der Waals surface area contributed by atoms with Crippen molar-refractivity contribution in [2.45, 2.75) is 32.2 Å². The summed E-state index contributed by atoms with van der Waals surface area (Å²) in [7, 11) is 0. The molecule has 0 bridgehead atoms. The topological polar surface area (TPSA) is 104 Å². The summed E-state index contributed by atoms with van der Waals surface area (Å²) in [6.07, 6.45) is 2.47. The summed E-state index contributed by atoms with van der Waals surface area (Å²) >= 11 is 0. The van der Waals surface area contributed by atoms with E-state index in [0.29, 0.717) is 12.2 Å². The number of aryl methyl sites for hydroxylation is 1. The Labute approximate surface area is 117 Å². The molecule has 0 aliphatic carbocycles. The molecule has 1 aromatic heterocycles. The van der Waals surface area contributed by atoms with E-state index in [0.717, 1.165) is 38.0 Å². The fourth-order valence-corrected chi connectivity index (χ4v) is 2.37. The van der Waals surface area contributed by atoms with Crippen LogP contribution in [0.4, 0.5) is 0 Å². The molecular weight excluding hydrogens is 258 g/mol. The Balaban J connectivity index is 1.80. The second kappa shape index (κ2) is 6.51. The van der Waals surface area contributed by atoms with Crippen molar-refractivity contribution in [3.05, 3.63) is 17.5 Å². The van der Waals surface area contributed by atoms with Crippen LogP contribution < -0.4 is 11.1 Å². The van der Waals surface area contributed by atoms with Crippen LogP contribution in [0.3, 0.4) is 0 Å². The van der Waals surface area contributed by atoms with E-state index in [1.807, 2.05) is 11.8 Å². The third-order valence-electron chi connectivity index (χ3n) is 3.55. The SMILES string of the molecule is CCc1cc(C(=O)NC2CCN(CC(N)=O)CC2)n[nH]1. The van der Waals surface area contributed by atoms with Crippen LogP contribution in [0.1, 0.15) is 35.9 Å². The molecule has 4 N–H and O–H groups in total. The van der Waals surface area contributed by atoms with Gasteiger partial charge in [-0.3, -0.25) is 19.6 Å². The highest BCUT2D eigenvalue weighted by atomic mass is 16.2. The number of likely N-dealkylation sites (tertiary alicyclic amines) is 1. The Hall–Kier alpha value is -1.89. The average molecular weight is 279 g/mol. The van der Waals surface area contributed by atoms with Gasteiger partial charge in [-0.05, 0) is 25.3 Å². The standard InChI is InChI=1S/C13H21N5O2/c1-2-9-7-11(17-16-9)13(20)15-10-3-5-18(6-4-10)8-12(14)19/h7,10H,2-6,8H2,1H3,(H2,14,19)(H,15,20)(H,16,17). The summed E-state index contributed by atoms with van der Waals surface area (Å²) in [5, 5.41) is 9.81. The van der Waals surface area contributed by atoms with E-state index >= 15 is 0 Å². The van der Waals surface area contributed by atoms with Crippen LogP contribution in [-0.2, 0) is 11.2 Å². The van der Waals surface area contributed by atoms with Crippen LogP contribution in [0.25, 0.3) is 0 Å². The van der Waals surface area contributed by atoms with Gasteiger partial charge in [-0.25, -0.2) is 0 Å². The van der Waals surface area contributed by atoms with Crippen LogP contribution in [0.15, 0.2) is 6.07 Å². The lowest BCUT2D eigenvalue weighted by atomic mass is 10.0. The molecule has 2 rings (SSSR count). The minimum atomic E-state index is -0.309. The third kappa shape index (κ3) is 3.80. The van der Waals surface area contributed by atoms with Crippen molar-refractivity contribution in [3.63, 3.8) is 0 Å². The number of aromatic nitrogens is 2. The first-order chi connectivity index (χ1) is 9.58. The van der Waals surface area contributed by atoms with Crippen LogP contribution in [0, 0.1) is 0 Å². The zero-order valence-electron chi connectivity index (χ0n) is 11.7. The number of nitrogens with zero attached hydrogens (tertiary/aromatic N) is 2. The number of nitrogens with one attached hydrogen (secondary N) is 2. The lowest BCUT2D eigenvalue weighted by molar-refractivity contribution is -0.119. The van der Waals surface area contributed by atoms with Crippen LogP contribution >= 0.6 is 0 Å². The van der Waals surface area contributed by atoms with Gasteiger partial charge in [0.15, 0.2) is 0 Å². The van der Waals surface area contributed by atoms with Crippen LogP contribution in [0.2, 0.25) is 0 Å². The first kappa shape index (κ1) is 14.5. The molecule has 20 heavy (non-hydrogen) atoms. The van der Waals surface area contributed by atoms with Gasteiger partial charge in [-0.1, -0.05) is 6.92 Å². The number of carbonyl (C=O) groups is 2. The molecule has 1 fully saturated rings. The highest BCUT2D eigenvalue weighted by molar-refractivity contribution is 5.92. The molecule has 1 aromatic rings. The Kier molecular flexibility index (Phi) is 4.73. The number of carbonyl (C=O) groups excluding carboxylic acids is 2. The quantitative estimate of drug-likeness (QED) is 0.685. The number of rotatable bonds is 5. The van der Waals surface area contributed by atoms with Crippen molar-refractivity contribution in [2.75, 3.05) is 19.6 Å². The van der Waals surface area contributed by atoms with Crippen molar-refractivity contribution in [1.29, 1.82) is 0 Å². The summed E-state index contributed by atoms with van der Waals surface area (Å²) in [5.41, 5.74) is 6.55. The summed E-state index contributed by atoms with van der Waals surface area (Å²) in [4.78, 5) is 24.9. The Morgan fingerprint density at radius 3 is 2.75 bits per heavy atom. The van der Waals surface area contributed by atoms with Gasteiger partial charge >= 0.3 is 0 Å². The number of H-pyrrole nitrogens is 1. The largest absolute Gasteiger partial charge is 0.369 e. The van der Waals surface area contributed by atoms with Gasteiger partial charge in [0, 0.05) is 24.8 Å². The minimum Gasteiger partial charge on any atom is -0.369 e. The van der Waals surface area contributed by atoms with Gasteiger partial charge in [0.05, 0.1) is 6.54 Å². The molecular formula is C13H21N5O2. The maximum Gasteiger partial charge on any atom is 0.271 e. The predicted octanol–water partition coefficient (Wildman–Crippen LogP) is -0.348. The highest BCUT2D eigenvalue weighted by Crippen LogP contribution is 2.10. The third-order valence-corrected chi connectivity index (χ3v) is 3.55. The van der Waals surface area contributed by atoms with Crippen LogP contribution in [0.5, 0.6) is 0 Å². The average Bonchev–Trinajstić information content (AvgIpc) is 2.89. The number of amides is 2. The lowest BCUT2D eigenvalue weighted by Gasteiger charge is -2.31. The molecule has 2 amide bonds. The molecule has 7 heteroatoms. The van der Waals surface area contributed by atoms with E-state index in [4.69, 9.17) is 5.73 Å². The zero-order valence-corrected chi connectivity index (χ0v) is 11.7. The highest BCUT2D eigenvalue weighted by Gasteiger charge is 2.22. The van der Waals surface area contributed by atoms with Gasteiger partial charge in [0.1, 0.15) is 5.69 Å². The minimum absolute atomic E-state index is 0.133. The number of primary amides is 1. The Morgan fingerprint density at radius 2 is 2.20 bits per heavy atom. The fourth-order valence-electron chi connectivity index (χ4n) is 2.37. The van der Waals surface area contributed by atoms with Crippen molar-refractivity contribution in [1.82, 2.24) is 20.4 Å². The fraction of sp³-hybridized carbons (Fsp3) is 0.615. The summed E-state index contributed by atoms with van der Waals surface area (Å²) < 4.78 is 0. The Morgan fingerprint density at radius 1 is 1.50 bits per heavy atom. The van der Waals surface area contributed by atoms with Gasteiger partial charge in [-0.15, -0.1) is 0 Å². The summed E-state index contributed by atoms with van der Waals surface area (Å²) in [6.45, 7) is 3.84. The maximum atomic E-state index is 12.0. The maximum absolute atomic E-state index is 12.0. The second-order valence-electron chi connectivity index (χ2n) is 5.12. The van der Waals surface area contributed by atoms with E-state index in [2.05, 4.69) is 15.5 Å². The molecule has 0 atom stereocenters. The summed E-state index contributed by atoms with van der Waals surface area (Å²) in [5.74, 6) is -0.453. The molecule has 1 aliphatic heterocycles. The van der Waals surface area contributed by atoms with Crippen LogP contribution in [-0.4, -0.2) is 52.6 Å². The number of aromatic amines is 1. The number of piperidine rings is 1. The van der Waals surface area contributed by atoms with Crippen molar-refractivity contribution in [3.8, 4) is 0 Å². The van der Waals surface area contributed by atoms with Gasteiger partial charge in [0.25, 0.3) is 5.91 Å². The second-order valence-corrected chi connectivity index (χ2v) is 5.12. The van der Waals surface area contributed by atoms with E-state index in [9.17, 15) is 9.59 Å². The molecule has 0 unspecified atom stereocenters. The first-order valence-electron chi connectivity index (χ1n) is 6.94. The molecule has 1 saturated heterocycles. The monoisotopic (exact) mass is 279 g/mol. The van der Waals surface area contributed by atoms with E-state index in [1.165, 1.54) is 0 Å². The molecule has 1 aliphatic rings. The lowest BCUT2D eigenvalue weighted by Crippen LogP contribution is -2.46. The van der Waals surface area contributed by atoms with Crippen molar-refractivity contribution in [2.24, 2.45) is 5.73 Å². The van der Waals surface area contributed by atoms with E-state index < -0.39 is 0 Å².